The lowest BCUT2D eigenvalue weighted by atomic mass is 10.1. The van der Waals surface area contributed by atoms with Gasteiger partial charge < -0.3 is 9.47 Å². The molecule has 0 aliphatic rings. The molecule has 0 unspecified atom stereocenters. The molecule has 0 aromatic heterocycles. The SMILES string of the molecule is [CH2]c1cc(OCCCCCCCCCCCCC)cc(OCCCCCCCCCCCCC)c1. The van der Waals surface area contributed by atoms with E-state index in [9.17, 15) is 0 Å². The number of hydrogen-bond donors (Lipinski definition) is 0. The second-order valence-electron chi connectivity index (χ2n) is 10.6. The van der Waals surface area contributed by atoms with Crippen molar-refractivity contribution in [1.29, 1.82) is 0 Å². The summed E-state index contributed by atoms with van der Waals surface area (Å²) in [5.41, 5.74) is 0.968. The monoisotopic (exact) mass is 487 g/mol. The van der Waals surface area contributed by atoms with Crippen molar-refractivity contribution in [1.82, 2.24) is 0 Å². The molecule has 0 fully saturated rings. The largest absolute Gasteiger partial charge is 0.493 e. The summed E-state index contributed by atoms with van der Waals surface area (Å²) in [5.74, 6) is 1.80. The van der Waals surface area contributed by atoms with Crippen molar-refractivity contribution < 1.29 is 9.47 Å². The van der Waals surface area contributed by atoms with E-state index in [1.54, 1.807) is 0 Å². The summed E-state index contributed by atoms with van der Waals surface area (Å²) >= 11 is 0. The van der Waals surface area contributed by atoms with Gasteiger partial charge in [0.05, 0.1) is 13.2 Å². The molecule has 1 rings (SSSR count). The molecular formula is C33H59O2. The van der Waals surface area contributed by atoms with Gasteiger partial charge in [0, 0.05) is 6.07 Å². The molecule has 1 aromatic carbocycles. The first-order valence-corrected chi connectivity index (χ1v) is 15.5. The Labute approximate surface area is 220 Å². The molecule has 0 aliphatic carbocycles. The van der Waals surface area contributed by atoms with Crippen LogP contribution in [0.2, 0.25) is 0 Å². The summed E-state index contributed by atoms with van der Waals surface area (Å²) in [6, 6.07) is 6.08. The average Bonchev–Trinajstić information content (AvgIpc) is 2.85. The lowest BCUT2D eigenvalue weighted by Gasteiger charge is -2.11. The molecule has 1 radical (unpaired) electrons. The Morgan fingerprint density at radius 1 is 0.429 bits per heavy atom. The lowest BCUT2D eigenvalue weighted by Crippen LogP contribution is -2.00. The van der Waals surface area contributed by atoms with E-state index in [0.717, 1.165) is 43.1 Å². The highest BCUT2D eigenvalue weighted by Gasteiger charge is 2.02. The van der Waals surface area contributed by atoms with Gasteiger partial charge in [0.1, 0.15) is 11.5 Å². The van der Waals surface area contributed by atoms with Crippen molar-refractivity contribution in [3.05, 3.63) is 30.7 Å². The fourth-order valence-corrected chi connectivity index (χ4v) is 4.71. The maximum Gasteiger partial charge on any atom is 0.123 e. The normalized spacial score (nSPS) is 11.2. The van der Waals surface area contributed by atoms with Gasteiger partial charge in [-0.15, -0.1) is 0 Å². The quantitative estimate of drug-likeness (QED) is 0.121. The zero-order valence-corrected chi connectivity index (χ0v) is 23.7. The Morgan fingerprint density at radius 2 is 0.714 bits per heavy atom. The zero-order valence-electron chi connectivity index (χ0n) is 23.7. The molecule has 0 saturated carbocycles. The van der Waals surface area contributed by atoms with E-state index in [4.69, 9.17) is 9.47 Å². The van der Waals surface area contributed by atoms with Gasteiger partial charge in [-0.3, -0.25) is 0 Å². The average molecular weight is 488 g/mol. The van der Waals surface area contributed by atoms with E-state index < -0.39 is 0 Å². The fourth-order valence-electron chi connectivity index (χ4n) is 4.71. The molecular weight excluding hydrogens is 428 g/mol. The van der Waals surface area contributed by atoms with E-state index in [1.807, 2.05) is 18.2 Å². The number of unbranched alkanes of at least 4 members (excludes halogenated alkanes) is 20. The Balaban J connectivity index is 1.99. The summed E-state index contributed by atoms with van der Waals surface area (Å²) in [6.45, 7) is 10.3. The maximum absolute atomic E-state index is 6.00. The molecule has 0 heterocycles. The van der Waals surface area contributed by atoms with Crippen LogP contribution in [-0.4, -0.2) is 13.2 Å². The molecule has 35 heavy (non-hydrogen) atoms. The highest BCUT2D eigenvalue weighted by Crippen LogP contribution is 2.23. The van der Waals surface area contributed by atoms with Gasteiger partial charge in [0.15, 0.2) is 0 Å². The topological polar surface area (TPSA) is 18.5 Å². The van der Waals surface area contributed by atoms with Crippen molar-refractivity contribution in [3.63, 3.8) is 0 Å². The van der Waals surface area contributed by atoms with Crippen LogP contribution in [-0.2, 0) is 0 Å². The van der Waals surface area contributed by atoms with Crippen LogP contribution in [0, 0.1) is 6.92 Å². The molecule has 0 spiro atoms. The predicted octanol–water partition coefficient (Wildman–Crippen LogP) is 11.2. The van der Waals surface area contributed by atoms with E-state index >= 15 is 0 Å². The summed E-state index contributed by atoms with van der Waals surface area (Å²) in [6.07, 6.45) is 29.9. The Hall–Kier alpha value is -1.18. The van der Waals surface area contributed by atoms with Crippen LogP contribution in [0.1, 0.15) is 161 Å². The first-order chi connectivity index (χ1) is 17.3. The minimum atomic E-state index is 0.790. The van der Waals surface area contributed by atoms with Crippen LogP contribution in [0.25, 0.3) is 0 Å². The molecule has 0 atom stereocenters. The molecule has 0 amide bonds. The maximum atomic E-state index is 6.00. The van der Waals surface area contributed by atoms with Gasteiger partial charge in [-0.2, -0.15) is 0 Å². The summed E-state index contributed by atoms with van der Waals surface area (Å²) in [4.78, 5) is 0. The third-order valence-electron chi connectivity index (χ3n) is 6.97. The van der Waals surface area contributed by atoms with Crippen LogP contribution >= 0.6 is 0 Å². The van der Waals surface area contributed by atoms with E-state index in [-0.39, 0.29) is 0 Å². The van der Waals surface area contributed by atoms with Gasteiger partial charge in [0.25, 0.3) is 0 Å². The van der Waals surface area contributed by atoms with Crippen molar-refractivity contribution in [2.24, 2.45) is 0 Å². The van der Waals surface area contributed by atoms with Crippen molar-refractivity contribution in [2.45, 2.75) is 155 Å². The minimum absolute atomic E-state index is 0.790. The van der Waals surface area contributed by atoms with Crippen LogP contribution in [0.5, 0.6) is 11.5 Å². The first kappa shape index (κ1) is 31.8. The van der Waals surface area contributed by atoms with Crippen LogP contribution in [0.3, 0.4) is 0 Å². The molecule has 1 aromatic rings. The Kier molecular flexibility index (Phi) is 22.3. The van der Waals surface area contributed by atoms with Crippen molar-refractivity contribution in [2.75, 3.05) is 13.2 Å². The Bertz CT molecular complexity index is 522. The number of rotatable bonds is 26. The molecule has 0 N–H and O–H groups in total. The first-order valence-electron chi connectivity index (χ1n) is 15.5. The van der Waals surface area contributed by atoms with Gasteiger partial charge in [-0.25, -0.2) is 0 Å². The van der Waals surface area contributed by atoms with Crippen LogP contribution in [0.4, 0.5) is 0 Å². The van der Waals surface area contributed by atoms with Gasteiger partial charge >= 0.3 is 0 Å². The van der Waals surface area contributed by atoms with Crippen LogP contribution in [0.15, 0.2) is 18.2 Å². The van der Waals surface area contributed by atoms with Gasteiger partial charge in [-0.05, 0) is 37.5 Å². The van der Waals surface area contributed by atoms with E-state index in [0.29, 0.717) is 0 Å². The number of ether oxygens (including phenoxy) is 2. The van der Waals surface area contributed by atoms with Crippen molar-refractivity contribution in [3.8, 4) is 11.5 Å². The molecule has 0 saturated heterocycles. The van der Waals surface area contributed by atoms with Gasteiger partial charge in [0.2, 0.25) is 0 Å². The Morgan fingerprint density at radius 3 is 1.03 bits per heavy atom. The van der Waals surface area contributed by atoms with Gasteiger partial charge in [-0.1, -0.05) is 142 Å². The number of hydrogen-bond acceptors (Lipinski definition) is 2. The standard InChI is InChI=1S/C33H59O2/c1-4-6-8-10-12-14-16-18-20-22-24-26-34-32-28-31(3)29-33(30-32)35-27-25-23-21-19-17-15-13-11-9-7-5-2/h28-30H,3-27H2,1-2H3. The second kappa shape index (κ2) is 24.5. The van der Waals surface area contributed by atoms with Crippen molar-refractivity contribution >= 4 is 0 Å². The number of benzene rings is 1. The molecule has 0 bridgehead atoms. The lowest BCUT2D eigenvalue weighted by molar-refractivity contribution is 0.289. The van der Waals surface area contributed by atoms with E-state index in [2.05, 4.69) is 20.8 Å². The highest BCUT2D eigenvalue weighted by atomic mass is 16.5. The second-order valence-corrected chi connectivity index (χ2v) is 10.6. The third kappa shape index (κ3) is 20.7. The molecule has 2 nitrogen and oxygen atoms in total. The minimum Gasteiger partial charge on any atom is -0.493 e. The summed E-state index contributed by atoms with van der Waals surface area (Å²) < 4.78 is 12.0. The predicted molar refractivity (Wildman–Crippen MR) is 155 cm³/mol. The van der Waals surface area contributed by atoms with E-state index in [1.165, 1.54) is 128 Å². The summed E-state index contributed by atoms with van der Waals surface area (Å²) in [5, 5.41) is 0. The smallest absolute Gasteiger partial charge is 0.123 e. The zero-order chi connectivity index (χ0) is 25.2. The molecule has 203 valence electrons. The third-order valence-corrected chi connectivity index (χ3v) is 6.97. The fraction of sp³-hybridized carbons (Fsp3) is 0.788. The highest BCUT2D eigenvalue weighted by molar-refractivity contribution is 5.39. The summed E-state index contributed by atoms with van der Waals surface area (Å²) in [7, 11) is 0. The molecule has 2 heteroatoms. The van der Waals surface area contributed by atoms with Crippen LogP contribution < -0.4 is 9.47 Å². The molecule has 0 aliphatic heterocycles.